The number of rotatable bonds is 5. The van der Waals surface area contributed by atoms with Crippen molar-refractivity contribution < 1.29 is 4.57 Å². The van der Waals surface area contributed by atoms with Gasteiger partial charge in [-0.25, -0.2) is 0 Å². The highest BCUT2D eigenvalue weighted by molar-refractivity contribution is 7.81. The Labute approximate surface area is 143 Å². The van der Waals surface area contributed by atoms with Crippen LogP contribution in [-0.4, -0.2) is 0 Å². The third kappa shape index (κ3) is 3.48. The van der Waals surface area contributed by atoms with Crippen molar-refractivity contribution >= 4 is 23.3 Å². The van der Waals surface area contributed by atoms with Gasteiger partial charge in [0.25, 0.3) is 0 Å². The van der Waals surface area contributed by atoms with E-state index in [4.69, 9.17) is 0 Å². The molecule has 0 atom stereocenters. The molecule has 0 unspecified atom stereocenters. The van der Waals surface area contributed by atoms with Crippen LogP contribution in [0.4, 0.5) is 0 Å². The summed E-state index contributed by atoms with van der Waals surface area (Å²) in [6.07, 6.45) is 1.87. The zero-order chi connectivity index (χ0) is 16.8. The Morgan fingerprint density at radius 3 is 1.58 bits per heavy atom. The van der Waals surface area contributed by atoms with Gasteiger partial charge < -0.3 is 4.57 Å². The van der Waals surface area contributed by atoms with E-state index >= 15 is 0 Å². The van der Waals surface area contributed by atoms with E-state index in [0.29, 0.717) is 0 Å². The first-order valence-corrected chi connectivity index (χ1v) is 9.62. The van der Waals surface area contributed by atoms with E-state index in [1.165, 1.54) is 0 Å². The molecule has 0 fully saturated rings. The Bertz CT molecular complexity index is 838. The number of hydrogen-bond acceptors (Lipinski definition) is 1. The molecule has 0 saturated heterocycles. The molecule has 3 rings (SSSR count). The first-order valence-electron chi connectivity index (χ1n) is 7.85. The Kier molecular flexibility index (Phi) is 4.93. The van der Waals surface area contributed by atoms with Gasteiger partial charge in [-0.15, -0.1) is 0 Å². The van der Waals surface area contributed by atoms with E-state index in [1.54, 1.807) is 0 Å². The van der Waals surface area contributed by atoms with Gasteiger partial charge in [0, 0.05) is 10.6 Å². The van der Waals surface area contributed by atoms with Crippen LogP contribution in [0.15, 0.2) is 109 Å². The highest BCUT2D eigenvalue weighted by Crippen LogP contribution is 2.45. The average molecular weight is 330 g/mol. The maximum Gasteiger partial charge on any atom is 0.164 e. The van der Waals surface area contributed by atoms with Crippen molar-refractivity contribution in [3.63, 3.8) is 0 Å². The summed E-state index contributed by atoms with van der Waals surface area (Å²) in [5, 5.41) is 1.65. The topological polar surface area (TPSA) is 17.1 Å². The summed E-state index contributed by atoms with van der Waals surface area (Å²) in [6, 6.07) is 29.2. The zero-order valence-corrected chi connectivity index (χ0v) is 14.3. The predicted octanol–water partition coefficient (Wildman–Crippen LogP) is 5.23. The van der Waals surface area contributed by atoms with Crippen molar-refractivity contribution in [3.8, 4) is 0 Å². The lowest BCUT2D eigenvalue weighted by molar-refractivity contribution is 0.592. The minimum Gasteiger partial charge on any atom is -0.309 e. The monoisotopic (exact) mass is 330 g/mol. The first kappa shape index (κ1) is 16.2. The molecule has 1 nitrogen and oxygen atoms in total. The summed E-state index contributed by atoms with van der Waals surface area (Å²) >= 11 is 0. The Balaban J connectivity index is 2.02. The second-order valence-corrected chi connectivity index (χ2v) is 8.18. The summed E-state index contributed by atoms with van der Waals surface area (Å²) in [4.78, 5) is 0. The zero-order valence-electron chi connectivity index (χ0n) is 13.4. The van der Waals surface area contributed by atoms with Crippen LogP contribution < -0.4 is 10.6 Å². The molecular formula is C22H19OP. The second-order valence-electron chi connectivity index (χ2n) is 5.54. The van der Waals surface area contributed by atoms with Crippen molar-refractivity contribution in [2.75, 3.05) is 0 Å². The maximum atomic E-state index is 13.8. The van der Waals surface area contributed by atoms with Crippen LogP contribution >= 0.6 is 7.14 Å². The second kappa shape index (κ2) is 7.29. The molecule has 0 aliphatic heterocycles. The van der Waals surface area contributed by atoms with Crippen LogP contribution in [0.3, 0.4) is 0 Å². The van der Waals surface area contributed by atoms with Gasteiger partial charge in [0.2, 0.25) is 0 Å². The number of hydrogen-bond donors (Lipinski definition) is 0. The van der Waals surface area contributed by atoms with Crippen LogP contribution in [0.2, 0.25) is 0 Å². The van der Waals surface area contributed by atoms with Crippen LogP contribution in [0.1, 0.15) is 5.56 Å². The van der Waals surface area contributed by atoms with E-state index in [0.717, 1.165) is 21.7 Å². The quantitative estimate of drug-likeness (QED) is 0.462. The molecule has 2 heteroatoms. The molecule has 0 aliphatic rings. The van der Waals surface area contributed by atoms with E-state index in [9.17, 15) is 4.57 Å². The van der Waals surface area contributed by atoms with Gasteiger partial charge in [0.1, 0.15) is 0 Å². The summed E-state index contributed by atoms with van der Waals surface area (Å²) in [5.41, 5.74) is 1.88. The maximum absolute atomic E-state index is 13.8. The van der Waals surface area contributed by atoms with Crippen molar-refractivity contribution in [2.24, 2.45) is 0 Å². The van der Waals surface area contributed by atoms with Gasteiger partial charge in [0.05, 0.1) is 0 Å². The van der Waals surface area contributed by atoms with E-state index in [-0.39, 0.29) is 0 Å². The van der Waals surface area contributed by atoms with Gasteiger partial charge in [0.15, 0.2) is 7.14 Å². The predicted molar refractivity (Wildman–Crippen MR) is 104 cm³/mol. The first-order chi connectivity index (χ1) is 11.7. The molecule has 0 heterocycles. The normalized spacial score (nSPS) is 11.5. The van der Waals surface area contributed by atoms with Crippen LogP contribution in [0.5, 0.6) is 0 Å². The fraction of sp³-hybridized carbons (Fsp3) is 0. The molecule has 0 radical (unpaired) electrons. The molecule has 0 amide bonds. The largest absolute Gasteiger partial charge is 0.309 e. The fourth-order valence-corrected chi connectivity index (χ4v) is 4.83. The average Bonchev–Trinajstić information content (AvgIpc) is 2.68. The Hall–Kier alpha value is -2.63. The fourth-order valence-electron chi connectivity index (χ4n) is 2.56. The third-order valence-electron chi connectivity index (χ3n) is 3.91. The molecule has 0 bridgehead atoms. The van der Waals surface area contributed by atoms with E-state index in [1.807, 2.05) is 103 Å². The summed E-state index contributed by atoms with van der Waals surface area (Å²) in [5.74, 6) is 1.81. The molecule has 0 spiro atoms. The molecule has 3 aromatic carbocycles. The number of benzene rings is 3. The van der Waals surface area contributed by atoms with Crippen LogP contribution in [0.25, 0.3) is 5.57 Å². The van der Waals surface area contributed by atoms with E-state index in [2.05, 4.69) is 6.58 Å². The van der Waals surface area contributed by atoms with Gasteiger partial charge >= 0.3 is 0 Å². The molecule has 3 aromatic rings. The lowest BCUT2D eigenvalue weighted by Gasteiger charge is -2.15. The lowest BCUT2D eigenvalue weighted by Crippen LogP contribution is -2.13. The molecule has 0 aliphatic carbocycles. The smallest absolute Gasteiger partial charge is 0.164 e. The Morgan fingerprint density at radius 1 is 0.708 bits per heavy atom. The molecule has 0 saturated carbocycles. The summed E-state index contributed by atoms with van der Waals surface area (Å²) in [6.45, 7) is 4.11. The van der Waals surface area contributed by atoms with Crippen LogP contribution in [0, 0.1) is 0 Å². The lowest BCUT2D eigenvalue weighted by atomic mass is 10.1. The standard InChI is InChI=1S/C22H19OP/c1-19(20-11-5-2-6-12-20)17-18-24(23,21-13-7-3-8-14-21)22-15-9-4-10-16-22/h2-18H,1H2/b18-17+. The van der Waals surface area contributed by atoms with Gasteiger partial charge in [-0.1, -0.05) is 104 Å². The SMILES string of the molecule is C=C(/C=C/P(=O)(c1ccccc1)c1ccccc1)c1ccccc1. The highest BCUT2D eigenvalue weighted by atomic mass is 31.2. The van der Waals surface area contributed by atoms with Gasteiger partial charge in [-0.3, -0.25) is 0 Å². The number of allylic oxidation sites excluding steroid dienone is 2. The third-order valence-corrected chi connectivity index (χ3v) is 6.61. The minimum atomic E-state index is -2.84. The van der Waals surface area contributed by atoms with Crippen molar-refractivity contribution in [1.29, 1.82) is 0 Å². The van der Waals surface area contributed by atoms with E-state index < -0.39 is 7.14 Å². The Morgan fingerprint density at radius 2 is 1.12 bits per heavy atom. The molecular weight excluding hydrogens is 311 g/mol. The molecule has 0 N–H and O–H groups in total. The van der Waals surface area contributed by atoms with Gasteiger partial charge in [-0.2, -0.15) is 0 Å². The van der Waals surface area contributed by atoms with Crippen molar-refractivity contribution in [2.45, 2.75) is 0 Å². The summed E-state index contributed by atoms with van der Waals surface area (Å²) in [7, 11) is -2.84. The molecule has 118 valence electrons. The minimum absolute atomic E-state index is 0.827. The highest BCUT2D eigenvalue weighted by Gasteiger charge is 2.23. The van der Waals surface area contributed by atoms with Crippen molar-refractivity contribution in [3.05, 3.63) is 115 Å². The molecule has 24 heavy (non-hydrogen) atoms. The van der Waals surface area contributed by atoms with Crippen LogP contribution in [-0.2, 0) is 4.57 Å². The molecule has 0 aromatic heterocycles. The van der Waals surface area contributed by atoms with Gasteiger partial charge in [-0.05, 0) is 17.0 Å². The summed E-state index contributed by atoms with van der Waals surface area (Å²) < 4.78 is 13.8. The van der Waals surface area contributed by atoms with Crippen molar-refractivity contribution in [1.82, 2.24) is 0 Å².